The molecule has 7 nitrogen and oxygen atoms in total. The van der Waals surface area contributed by atoms with Crippen LogP contribution in [-0.4, -0.2) is 28.5 Å². The molecule has 0 saturated heterocycles. The van der Waals surface area contributed by atoms with Crippen molar-refractivity contribution in [1.82, 2.24) is 10.3 Å². The molecule has 0 atom stereocenters. The molecule has 1 aromatic heterocycles. The van der Waals surface area contributed by atoms with E-state index in [0.29, 0.717) is 22.1 Å². The first-order valence-electron chi connectivity index (χ1n) is 13.6. The van der Waals surface area contributed by atoms with Crippen LogP contribution < -0.4 is 16.0 Å². The van der Waals surface area contributed by atoms with Gasteiger partial charge < -0.3 is 16.0 Å². The number of nitrogens with zero attached hydrogens (tertiary/aromatic N) is 1. The van der Waals surface area contributed by atoms with E-state index >= 15 is 0 Å². The van der Waals surface area contributed by atoms with E-state index in [9.17, 15) is 14.4 Å². The van der Waals surface area contributed by atoms with E-state index in [1.165, 1.54) is 18.0 Å². The van der Waals surface area contributed by atoms with Gasteiger partial charge in [-0.25, -0.2) is 4.98 Å². The molecule has 5 aromatic rings. The third kappa shape index (κ3) is 8.67. The van der Waals surface area contributed by atoms with E-state index in [2.05, 4.69) is 20.9 Å². The number of aromatic nitrogens is 1. The number of halogens is 1. The Morgan fingerprint density at radius 1 is 0.750 bits per heavy atom. The molecular weight excluding hydrogens is 592 g/mol. The number of pyridine rings is 1. The third-order valence-electron chi connectivity index (χ3n) is 6.31. The topological polar surface area (TPSA) is 100 Å². The minimum atomic E-state index is -0.491. The van der Waals surface area contributed by atoms with Crippen molar-refractivity contribution in [3.05, 3.63) is 149 Å². The first kappa shape index (κ1) is 30.3. The minimum absolute atomic E-state index is 0.0826. The quantitative estimate of drug-likeness (QED) is 0.111. The Bertz CT molecular complexity index is 1780. The molecule has 0 radical (unpaired) electrons. The van der Waals surface area contributed by atoms with Gasteiger partial charge in [0, 0.05) is 22.3 Å². The predicted octanol–water partition coefficient (Wildman–Crippen LogP) is 7.54. The van der Waals surface area contributed by atoms with Crippen molar-refractivity contribution in [1.29, 1.82) is 0 Å². The highest BCUT2D eigenvalue weighted by Crippen LogP contribution is 2.23. The third-order valence-corrected chi connectivity index (χ3v) is 7.53. The molecule has 5 rings (SSSR count). The molecule has 3 N–H and O–H groups in total. The average Bonchev–Trinajstić information content (AvgIpc) is 3.06. The van der Waals surface area contributed by atoms with E-state index in [1.54, 1.807) is 60.7 Å². The fraction of sp³-hybridized carbons (Fsp3) is 0.0286. The van der Waals surface area contributed by atoms with Gasteiger partial charge in [0.2, 0.25) is 5.91 Å². The number of carbonyl (C=O) groups is 3. The van der Waals surface area contributed by atoms with Crippen molar-refractivity contribution >= 4 is 58.7 Å². The summed E-state index contributed by atoms with van der Waals surface area (Å²) in [5.74, 6) is -0.577. The van der Waals surface area contributed by atoms with Gasteiger partial charge in [0.15, 0.2) is 0 Å². The summed E-state index contributed by atoms with van der Waals surface area (Å²) in [6, 6.07) is 36.8. The Hall–Kier alpha value is -5.18. The lowest BCUT2D eigenvalue weighted by Gasteiger charge is -2.12. The number of thioether (sulfide) groups is 1. The molecule has 0 saturated carbocycles. The Balaban J connectivity index is 1.29. The summed E-state index contributed by atoms with van der Waals surface area (Å²) < 4.78 is 0. The first-order chi connectivity index (χ1) is 21.4. The van der Waals surface area contributed by atoms with Crippen LogP contribution in [0.1, 0.15) is 15.9 Å². The van der Waals surface area contributed by atoms with Gasteiger partial charge in [0.1, 0.15) is 11.5 Å². The minimum Gasteiger partial charge on any atom is -0.321 e. The number of benzene rings is 4. The predicted molar refractivity (Wildman–Crippen MR) is 177 cm³/mol. The highest BCUT2D eigenvalue weighted by molar-refractivity contribution is 8.00. The largest absolute Gasteiger partial charge is 0.321 e. The summed E-state index contributed by atoms with van der Waals surface area (Å²) in [7, 11) is 0. The van der Waals surface area contributed by atoms with E-state index in [0.717, 1.165) is 21.6 Å². The van der Waals surface area contributed by atoms with Crippen LogP contribution >= 0.6 is 23.4 Å². The monoisotopic (exact) mass is 618 g/mol. The zero-order valence-corrected chi connectivity index (χ0v) is 24.9. The Kier molecular flexibility index (Phi) is 10.2. The standard InChI is InChI=1S/C35H27ClN4O3S/c36-28-18-19-32(37-22-28)40-33(41)23-44-30-13-7-12-29(21-30)38-35(43)31(39-34(42)27-10-5-2-6-11-27)20-24-14-16-26(17-15-24)25-8-3-1-4-9-25/h1-22H,23H2,(H,38,43)(H,39,42)(H,37,40,41)/b31-20+. The van der Waals surface area contributed by atoms with Gasteiger partial charge in [0.25, 0.3) is 11.8 Å². The molecule has 1 heterocycles. The van der Waals surface area contributed by atoms with E-state index in [4.69, 9.17) is 11.6 Å². The molecule has 3 amide bonds. The number of amides is 3. The van der Waals surface area contributed by atoms with Gasteiger partial charge in [-0.2, -0.15) is 0 Å². The van der Waals surface area contributed by atoms with Crippen molar-refractivity contribution < 1.29 is 14.4 Å². The van der Waals surface area contributed by atoms with Gasteiger partial charge in [-0.3, -0.25) is 14.4 Å². The Morgan fingerprint density at radius 2 is 1.45 bits per heavy atom. The number of anilines is 2. The number of nitrogens with one attached hydrogen (secondary N) is 3. The number of hydrogen-bond donors (Lipinski definition) is 3. The maximum atomic E-state index is 13.5. The van der Waals surface area contributed by atoms with E-state index in [1.807, 2.05) is 66.7 Å². The Morgan fingerprint density at radius 3 is 2.16 bits per heavy atom. The second kappa shape index (κ2) is 14.8. The molecule has 0 unspecified atom stereocenters. The summed E-state index contributed by atoms with van der Waals surface area (Å²) in [5.41, 5.74) is 3.88. The normalized spacial score (nSPS) is 11.0. The highest BCUT2D eigenvalue weighted by atomic mass is 35.5. The summed E-state index contributed by atoms with van der Waals surface area (Å²) in [4.78, 5) is 43.7. The molecule has 0 spiro atoms. The summed E-state index contributed by atoms with van der Waals surface area (Å²) in [6.45, 7) is 0. The van der Waals surface area contributed by atoms with E-state index in [-0.39, 0.29) is 17.4 Å². The zero-order valence-electron chi connectivity index (χ0n) is 23.4. The lowest BCUT2D eigenvalue weighted by atomic mass is 10.0. The molecule has 4 aromatic carbocycles. The number of rotatable bonds is 10. The maximum Gasteiger partial charge on any atom is 0.272 e. The van der Waals surface area contributed by atoms with Crippen LogP contribution in [0.3, 0.4) is 0 Å². The van der Waals surface area contributed by atoms with Crippen LogP contribution in [0.5, 0.6) is 0 Å². The second-order valence-electron chi connectivity index (χ2n) is 9.55. The molecule has 0 aliphatic carbocycles. The fourth-order valence-electron chi connectivity index (χ4n) is 4.15. The van der Waals surface area contributed by atoms with Gasteiger partial charge in [-0.05, 0) is 65.2 Å². The average molecular weight is 619 g/mol. The lowest BCUT2D eigenvalue weighted by Crippen LogP contribution is -2.30. The van der Waals surface area contributed by atoms with Gasteiger partial charge in [-0.15, -0.1) is 11.8 Å². The lowest BCUT2D eigenvalue weighted by molar-refractivity contribution is -0.114. The van der Waals surface area contributed by atoms with Crippen LogP contribution in [0.4, 0.5) is 11.5 Å². The van der Waals surface area contributed by atoms with Crippen molar-refractivity contribution in [3.8, 4) is 11.1 Å². The van der Waals surface area contributed by atoms with Crippen LogP contribution in [0.15, 0.2) is 138 Å². The maximum absolute atomic E-state index is 13.5. The van der Waals surface area contributed by atoms with Crippen LogP contribution in [0.25, 0.3) is 17.2 Å². The number of hydrogen-bond acceptors (Lipinski definition) is 5. The van der Waals surface area contributed by atoms with Gasteiger partial charge >= 0.3 is 0 Å². The molecule has 0 aliphatic heterocycles. The Labute approximate surface area is 264 Å². The smallest absolute Gasteiger partial charge is 0.272 e. The molecule has 218 valence electrons. The first-order valence-corrected chi connectivity index (χ1v) is 15.0. The van der Waals surface area contributed by atoms with E-state index < -0.39 is 11.8 Å². The molecular formula is C35H27ClN4O3S. The van der Waals surface area contributed by atoms with Crippen molar-refractivity contribution in [3.63, 3.8) is 0 Å². The molecule has 0 bridgehead atoms. The number of carbonyl (C=O) groups excluding carboxylic acids is 3. The van der Waals surface area contributed by atoms with Crippen molar-refractivity contribution in [2.24, 2.45) is 0 Å². The second-order valence-corrected chi connectivity index (χ2v) is 11.0. The summed E-state index contributed by atoms with van der Waals surface area (Å²) in [5, 5.41) is 8.84. The van der Waals surface area contributed by atoms with Gasteiger partial charge in [-0.1, -0.05) is 90.5 Å². The van der Waals surface area contributed by atoms with Crippen LogP contribution in [0, 0.1) is 0 Å². The van der Waals surface area contributed by atoms with Crippen molar-refractivity contribution in [2.45, 2.75) is 4.90 Å². The summed E-state index contributed by atoms with van der Waals surface area (Å²) >= 11 is 7.16. The SMILES string of the molecule is O=C(CSc1cccc(NC(=O)/C(=C\c2ccc(-c3ccccc3)cc2)NC(=O)c2ccccc2)c1)Nc1ccc(Cl)cn1. The highest BCUT2D eigenvalue weighted by Gasteiger charge is 2.16. The van der Waals surface area contributed by atoms with Crippen molar-refractivity contribution in [2.75, 3.05) is 16.4 Å². The van der Waals surface area contributed by atoms with Gasteiger partial charge in [0.05, 0.1) is 10.8 Å². The molecule has 44 heavy (non-hydrogen) atoms. The molecule has 0 aliphatic rings. The molecule has 9 heteroatoms. The summed E-state index contributed by atoms with van der Waals surface area (Å²) in [6.07, 6.45) is 3.10. The zero-order chi connectivity index (χ0) is 30.7. The fourth-order valence-corrected chi connectivity index (χ4v) is 5.02. The van der Waals surface area contributed by atoms with Crippen LogP contribution in [0.2, 0.25) is 5.02 Å². The molecule has 0 fully saturated rings. The van der Waals surface area contributed by atoms with Crippen LogP contribution in [-0.2, 0) is 9.59 Å².